The van der Waals surface area contributed by atoms with Crippen molar-refractivity contribution in [3.8, 4) is 0 Å². The van der Waals surface area contributed by atoms with Crippen LogP contribution < -0.4 is 11.1 Å². The molecular weight excluding hydrogens is 268 g/mol. The summed E-state index contributed by atoms with van der Waals surface area (Å²) < 4.78 is 0. The first kappa shape index (κ1) is 15.0. The lowest BCUT2D eigenvalue weighted by atomic mass is 9.87. The molecule has 0 saturated heterocycles. The summed E-state index contributed by atoms with van der Waals surface area (Å²) in [6, 6.07) is 7.71. The summed E-state index contributed by atoms with van der Waals surface area (Å²) in [6.45, 7) is 0.544. The second kappa shape index (κ2) is 7.39. The van der Waals surface area contributed by atoms with Crippen LogP contribution in [0.15, 0.2) is 24.3 Å². The quantitative estimate of drug-likeness (QED) is 0.820. The number of hydrogen-bond donors (Lipinski definition) is 2. The molecule has 0 radical (unpaired) electrons. The lowest BCUT2D eigenvalue weighted by Gasteiger charge is -2.20. The van der Waals surface area contributed by atoms with Crippen LogP contribution in [0.1, 0.15) is 49.7 Å². The standard InChI is InChI=1S/C16H22N2OS/c17-16(20)14-8-4-7-13(9-14)11-18-15(19)10-12-5-2-1-3-6-12/h4,7-9,12H,1-3,5-6,10-11H2,(H2,17,20)(H,18,19). The van der Waals surface area contributed by atoms with Gasteiger partial charge >= 0.3 is 0 Å². The minimum absolute atomic E-state index is 0.151. The molecule has 1 amide bonds. The predicted molar refractivity (Wildman–Crippen MR) is 85.4 cm³/mol. The maximum atomic E-state index is 11.9. The Morgan fingerprint density at radius 2 is 2.05 bits per heavy atom. The zero-order chi connectivity index (χ0) is 14.4. The van der Waals surface area contributed by atoms with Gasteiger partial charge in [-0.25, -0.2) is 0 Å². The molecule has 4 heteroatoms. The molecule has 0 aromatic heterocycles. The number of carbonyl (C=O) groups excluding carboxylic acids is 1. The molecule has 1 aliphatic rings. The molecular formula is C16H22N2OS. The van der Waals surface area contributed by atoms with E-state index in [4.69, 9.17) is 18.0 Å². The summed E-state index contributed by atoms with van der Waals surface area (Å²) in [5, 5.41) is 2.99. The van der Waals surface area contributed by atoms with Gasteiger partial charge < -0.3 is 11.1 Å². The Hall–Kier alpha value is -1.42. The predicted octanol–water partition coefficient (Wildman–Crippen LogP) is 2.91. The lowest BCUT2D eigenvalue weighted by molar-refractivity contribution is -0.122. The van der Waals surface area contributed by atoms with Gasteiger partial charge in [0, 0.05) is 18.5 Å². The first-order valence-corrected chi connectivity index (χ1v) is 7.71. The third-order valence-electron chi connectivity index (χ3n) is 3.90. The van der Waals surface area contributed by atoms with Crippen molar-refractivity contribution in [3.05, 3.63) is 35.4 Å². The van der Waals surface area contributed by atoms with Crippen LogP contribution in [-0.2, 0) is 11.3 Å². The molecule has 20 heavy (non-hydrogen) atoms. The summed E-state index contributed by atoms with van der Waals surface area (Å²) in [5.41, 5.74) is 7.49. The zero-order valence-corrected chi connectivity index (χ0v) is 12.5. The number of hydrogen-bond acceptors (Lipinski definition) is 2. The van der Waals surface area contributed by atoms with Crippen LogP contribution in [0.3, 0.4) is 0 Å². The summed E-state index contributed by atoms with van der Waals surface area (Å²) in [4.78, 5) is 12.3. The minimum Gasteiger partial charge on any atom is -0.389 e. The van der Waals surface area contributed by atoms with Crippen LogP contribution in [0.4, 0.5) is 0 Å². The fraction of sp³-hybridized carbons (Fsp3) is 0.500. The van der Waals surface area contributed by atoms with Gasteiger partial charge in [-0.3, -0.25) is 4.79 Å². The van der Waals surface area contributed by atoms with Gasteiger partial charge in [0.2, 0.25) is 5.91 Å². The third kappa shape index (κ3) is 4.60. The van der Waals surface area contributed by atoms with Gasteiger partial charge in [0.15, 0.2) is 0 Å². The maximum absolute atomic E-state index is 11.9. The molecule has 1 saturated carbocycles. The Kier molecular flexibility index (Phi) is 5.53. The molecule has 1 fully saturated rings. The lowest BCUT2D eigenvalue weighted by Crippen LogP contribution is -2.26. The largest absolute Gasteiger partial charge is 0.389 e. The van der Waals surface area contributed by atoms with Crippen LogP contribution in [0.2, 0.25) is 0 Å². The fourth-order valence-corrected chi connectivity index (χ4v) is 2.89. The van der Waals surface area contributed by atoms with E-state index in [0.717, 1.165) is 11.1 Å². The number of carbonyl (C=O) groups is 1. The van der Waals surface area contributed by atoms with E-state index in [1.54, 1.807) is 0 Å². The van der Waals surface area contributed by atoms with E-state index < -0.39 is 0 Å². The Morgan fingerprint density at radius 3 is 2.75 bits per heavy atom. The van der Waals surface area contributed by atoms with Crippen molar-refractivity contribution in [1.29, 1.82) is 0 Å². The van der Waals surface area contributed by atoms with Gasteiger partial charge in [-0.1, -0.05) is 49.7 Å². The smallest absolute Gasteiger partial charge is 0.220 e. The number of rotatable bonds is 5. The molecule has 0 unspecified atom stereocenters. The molecule has 3 N–H and O–H groups in total. The summed E-state index contributed by atoms with van der Waals surface area (Å²) in [5.74, 6) is 0.726. The Labute approximate surface area is 125 Å². The summed E-state index contributed by atoms with van der Waals surface area (Å²) in [7, 11) is 0. The third-order valence-corrected chi connectivity index (χ3v) is 4.14. The van der Waals surface area contributed by atoms with Crippen LogP contribution in [0.5, 0.6) is 0 Å². The van der Waals surface area contributed by atoms with Crippen LogP contribution in [0.25, 0.3) is 0 Å². The van der Waals surface area contributed by atoms with E-state index in [0.29, 0.717) is 23.9 Å². The molecule has 0 spiro atoms. The topological polar surface area (TPSA) is 55.1 Å². The van der Waals surface area contributed by atoms with Crippen molar-refractivity contribution in [3.63, 3.8) is 0 Å². The van der Waals surface area contributed by atoms with Crippen molar-refractivity contribution < 1.29 is 4.79 Å². The molecule has 1 aliphatic carbocycles. The normalized spacial score (nSPS) is 15.8. The Bertz CT molecular complexity index is 481. The number of amides is 1. The maximum Gasteiger partial charge on any atom is 0.220 e. The fourth-order valence-electron chi connectivity index (χ4n) is 2.76. The first-order chi connectivity index (χ1) is 9.65. The van der Waals surface area contributed by atoms with Gasteiger partial charge in [-0.05, 0) is 30.4 Å². The highest BCUT2D eigenvalue weighted by Gasteiger charge is 2.16. The van der Waals surface area contributed by atoms with Crippen molar-refractivity contribution in [1.82, 2.24) is 5.32 Å². The van der Waals surface area contributed by atoms with Gasteiger partial charge in [0.25, 0.3) is 0 Å². The van der Waals surface area contributed by atoms with Gasteiger partial charge in [-0.15, -0.1) is 0 Å². The van der Waals surface area contributed by atoms with E-state index in [1.165, 1.54) is 32.1 Å². The van der Waals surface area contributed by atoms with Crippen LogP contribution in [0, 0.1) is 5.92 Å². The highest BCUT2D eigenvalue weighted by atomic mass is 32.1. The number of nitrogens with two attached hydrogens (primary N) is 1. The highest BCUT2D eigenvalue weighted by Crippen LogP contribution is 2.26. The van der Waals surface area contributed by atoms with Crippen molar-refractivity contribution in [2.24, 2.45) is 11.7 Å². The highest BCUT2D eigenvalue weighted by molar-refractivity contribution is 7.80. The molecule has 1 aromatic rings. The van der Waals surface area contributed by atoms with Crippen molar-refractivity contribution in [2.75, 3.05) is 0 Å². The molecule has 0 heterocycles. The van der Waals surface area contributed by atoms with E-state index >= 15 is 0 Å². The van der Waals surface area contributed by atoms with Crippen molar-refractivity contribution >= 4 is 23.1 Å². The van der Waals surface area contributed by atoms with Gasteiger partial charge in [0.1, 0.15) is 4.99 Å². The monoisotopic (exact) mass is 290 g/mol. The van der Waals surface area contributed by atoms with E-state index in [1.807, 2.05) is 24.3 Å². The Balaban J connectivity index is 1.80. The second-order valence-corrected chi connectivity index (χ2v) is 5.99. The zero-order valence-electron chi connectivity index (χ0n) is 11.7. The first-order valence-electron chi connectivity index (χ1n) is 7.30. The van der Waals surface area contributed by atoms with Gasteiger partial charge in [0.05, 0.1) is 0 Å². The average molecular weight is 290 g/mol. The Morgan fingerprint density at radius 1 is 1.30 bits per heavy atom. The summed E-state index contributed by atoms with van der Waals surface area (Å²) >= 11 is 4.96. The summed E-state index contributed by atoms with van der Waals surface area (Å²) in [6.07, 6.45) is 6.93. The van der Waals surface area contributed by atoms with E-state index in [2.05, 4.69) is 5.32 Å². The number of nitrogens with one attached hydrogen (secondary N) is 1. The minimum atomic E-state index is 0.151. The van der Waals surface area contributed by atoms with Crippen molar-refractivity contribution in [2.45, 2.75) is 45.1 Å². The number of benzene rings is 1. The molecule has 3 nitrogen and oxygen atoms in total. The molecule has 0 aliphatic heterocycles. The molecule has 1 aromatic carbocycles. The van der Waals surface area contributed by atoms with E-state index in [9.17, 15) is 4.79 Å². The second-order valence-electron chi connectivity index (χ2n) is 5.55. The number of thiocarbonyl (C=S) groups is 1. The molecule has 2 rings (SSSR count). The average Bonchev–Trinajstić information content (AvgIpc) is 2.46. The van der Waals surface area contributed by atoms with Crippen LogP contribution >= 0.6 is 12.2 Å². The van der Waals surface area contributed by atoms with Gasteiger partial charge in [-0.2, -0.15) is 0 Å². The van der Waals surface area contributed by atoms with E-state index in [-0.39, 0.29) is 5.91 Å². The molecule has 0 atom stereocenters. The van der Waals surface area contributed by atoms with Crippen LogP contribution in [-0.4, -0.2) is 10.9 Å². The SMILES string of the molecule is NC(=S)c1cccc(CNC(=O)CC2CCCCC2)c1. The molecule has 0 bridgehead atoms. The molecule has 108 valence electrons.